The molecular formula is C12H12N2. The predicted octanol–water partition coefficient (Wildman–Crippen LogP) is 2.27. The second-order valence-corrected chi connectivity index (χ2v) is 3.71. The van der Waals surface area contributed by atoms with E-state index in [0.717, 1.165) is 12.1 Å². The maximum Gasteiger partial charge on any atom is 0.0705 e. The van der Waals surface area contributed by atoms with Crippen molar-refractivity contribution in [3.05, 3.63) is 42.1 Å². The van der Waals surface area contributed by atoms with Crippen molar-refractivity contribution < 1.29 is 0 Å². The number of nitrogens with one attached hydrogen (secondary N) is 1. The summed E-state index contributed by atoms with van der Waals surface area (Å²) >= 11 is 0. The van der Waals surface area contributed by atoms with Crippen molar-refractivity contribution in [2.24, 2.45) is 0 Å². The van der Waals surface area contributed by atoms with Crippen molar-refractivity contribution in [1.82, 2.24) is 10.3 Å². The quantitative estimate of drug-likeness (QED) is 0.735. The summed E-state index contributed by atoms with van der Waals surface area (Å²) in [5.41, 5.74) is 2.49. The Morgan fingerprint density at radius 1 is 1.21 bits per heavy atom. The average Bonchev–Trinajstić information content (AvgIpc) is 2.16. The zero-order valence-corrected chi connectivity index (χ0v) is 7.90. The first-order valence-electron chi connectivity index (χ1n) is 5.02. The second-order valence-electron chi connectivity index (χ2n) is 3.71. The van der Waals surface area contributed by atoms with E-state index in [1.165, 1.54) is 17.4 Å². The van der Waals surface area contributed by atoms with Crippen LogP contribution in [0.3, 0.4) is 0 Å². The second kappa shape index (κ2) is 3.07. The van der Waals surface area contributed by atoms with Crippen LogP contribution in [-0.2, 0) is 0 Å². The van der Waals surface area contributed by atoms with Crippen LogP contribution >= 0.6 is 0 Å². The van der Waals surface area contributed by atoms with E-state index in [1.54, 1.807) is 0 Å². The first-order chi connectivity index (χ1) is 6.95. The Morgan fingerprint density at radius 2 is 2.07 bits per heavy atom. The van der Waals surface area contributed by atoms with Gasteiger partial charge in [0.25, 0.3) is 0 Å². The summed E-state index contributed by atoms with van der Waals surface area (Å²) in [6, 6.07) is 11.0. The zero-order valence-electron chi connectivity index (χ0n) is 7.90. The number of para-hydroxylation sites is 1. The Labute approximate surface area is 83.0 Å². The van der Waals surface area contributed by atoms with Gasteiger partial charge in [0.1, 0.15) is 0 Å². The molecule has 1 aromatic heterocycles. The molecule has 1 saturated heterocycles. The van der Waals surface area contributed by atoms with Gasteiger partial charge >= 0.3 is 0 Å². The van der Waals surface area contributed by atoms with Gasteiger partial charge in [-0.2, -0.15) is 0 Å². The highest BCUT2D eigenvalue weighted by Gasteiger charge is 2.20. The molecule has 70 valence electrons. The third-order valence-electron chi connectivity index (χ3n) is 2.88. The van der Waals surface area contributed by atoms with E-state index in [0.29, 0.717) is 6.04 Å². The summed E-state index contributed by atoms with van der Waals surface area (Å²) in [6.07, 6.45) is 3.14. The molecule has 1 aromatic carbocycles. The lowest BCUT2D eigenvalue weighted by molar-refractivity contribution is 0.385. The van der Waals surface area contributed by atoms with Crippen LogP contribution in [0.2, 0.25) is 0 Å². The van der Waals surface area contributed by atoms with Gasteiger partial charge in [0.15, 0.2) is 0 Å². The molecule has 1 aliphatic rings. The molecule has 1 unspecified atom stereocenters. The Hall–Kier alpha value is -1.41. The van der Waals surface area contributed by atoms with E-state index >= 15 is 0 Å². The van der Waals surface area contributed by atoms with Gasteiger partial charge in [-0.1, -0.05) is 18.2 Å². The normalized spacial score (nSPS) is 20.7. The highest BCUT2D eigenvalue weighted by atomic mass is 15.0. The van der Waals surface area contributed by atoms with E-state index in [2.05, 4.69) is 34.6 Å². The van der Waals surface area contributed by atoms with Crippen LogP contribution in [-0.4, -0.2) is 11.5 Å². The number of benzene rings is 1. The number of hydrogen-bond acceptors (Lipinski definition) is 2. The number of fused-ring (bicyclic) bond motifs is 1. The minimum atomic E-state index is 0.544. The Bertz CT molecular complexity index is 455. The monoisotopic (exact) mass is 184 g/mol. The summed E-state index contributed by atoms with van der Waals surface area (Å²) in [4.78, 5) is 4.35. The number of nitrogens with zero attached hydrogens (tertiary/aromatic N) is 1. The first-order valence-corrected chi connectivity index (χ1v) is 5.02. The lowest BCUT2D eigenvalue weighted by atomic mass is 9.95. The van der Waals surface area contributed by atoms with Gasteiger partial charge in [0.05, 0.1) is 5.52 Å². The summed E-state index contributed by atoms with van der Waals surface area (Å²) in [5.74, 6) is 0. The summed E-state index contributed by atoms with van der Waals surface area (Å²) < 4.78 is 0. The SMILES string of the molecule is c1ccc2c(C3CCN3)ccnc2c1. The van der Waals surface area contributed by atoms with Crippen LogP contribution in [0, 0.1) is 0 Å². The molecule has 1 fully saturated rings. The number of pyridine rings is 1. The molecule has 0 aliphatic carbocycles. The van der Waals surface area contributed by atoms with E-state index in [9.17, 15) is 0 Å². The van der Waals surface area contributed by atoms with Crippen molar-refractivity contribution in [2.75, 3.05) is 6.54 Å². The van der Waals surface area contributed by atoms with E-state index in [-0.39, 0.29) is 0 Å². The fourth-order valence-electron chi connectivity index (χ4n) is 1.98. The van der Waals surface area contributed by atoms with E-state index in [1.807, 2.05) is 12.3 Å². The fraction of sp³-hybridized carbons (Fsp3) is 0.250. The van der Waals surface area contributed by atoms with E-state index < -0.39 is 0 Å². The van der Waals surface area contributed by atoms with Gasteiger partial charge in [-0.15, -0.1) is 0 Å². The van der Waals surface area contributed by atoms with Crippen molar-refractivity contribution in [3.8, 4) is 0 Å². The lowest BCUT2D eigenvalue weighted by Gasteiger charge is -2.28. The molecular weight excluding hydrogens is 172 g/mol. The molecule has 2 aromatic rings. The first kappa shape index (κ1) is 7.94. The summed E-state index contributed by atoms with van der Waals surface area (Å²) in [7, 11) is 0. The summed E-state index contributed by atoms with van der Waals surface area (Å²) in [6.45, 7) is 1.14. The van der Waals surface area contributed by atoms with Crippen molar-refractivity contribution in [3.63, 3.8) is 0 Å². The van der Waals surface area contributed by atoms with Crippen LogP contribution < -0.4 is 5.32 Å². The molecule has 2 heteroatoms. The molecule has 14 heavy (non-hydrogen) atoms. The maximum atomic E-state index is 4.35. The van der Waals surface area contributed by atoms with Crippen LogP contribution in [0.4, 0.5) is 0 Å². The van der Waals surface area contributed by atoms with Gasteiger partial charge in [0, 0.05) is 17.6 Å². The molecule has 3 rings (SSSR count). The van der Waals surface area contributed by atoms with E-state index in [4.69, 9.17) is 0 Å². The molecule has 0 radical (unpaired) electrons. The van der Waals surface area contributed by atoms with Crippen LogP contribution in [0.1, 0.15) is 18.0 Å². The molecule has 0 bridgehead atoms. The van der Waals surface area contributed by atoms with Crippen molar-refractivity contribution in [2.45, 2.75) is 12.5 Å². The Kier molecular flexibility index (Phi) is 1.74. The number of rotatable bonds is 1. The molecule has 2 heterocycles. The highest BCUT2D eigenvalue weighted by Crippen LogP contribution is 2.28. The van der Waals surface area contributed by atoms with Gasteiger partial charge in [-0.25, -0.2) is 0 Å². The third kappa shape index (κ3) is 1.11. The smallest absolute Gasteiger partial charge is 0.0705 e. The van der Waals surface area contributed by atoms with Gasteiger partial charge in [0.2, 0.25) is 0 Å². The van der Waals surface area contributed by atoms with Crippen molar-refractivity contribution >= 4 is 10.9 Å². The number of aromatic nitrogens is 1. The van der Waals surface area contributed by atoms with Crippen LogP contribution in [0.25, 0.3) is 10.9 Å². The Balaban J connectivity index is 2.22. The zero-order chi connectivity index (χ0) is 9.38. The molecule has 1 atom stereocenters. The lowest BCUT2D eigenvalue weighted by Crippen LogP contribution is -2.35. The number of hydrogen-bond donors (Lipinski definition) is 1. The Morgan fingerprint density at radius 3 is 2.86 bits per heavy atom. The van der Waals surface area contributed by atoms with Gasteiger partial charge in [-0.05, 0) is 30.7 Å². The molecule has 2 nitrogen and oxygen atoms in total. The largest absolute Gasteiger partial charge is 0.310 e. The highest BCUT2D eigenvalue weighted by molar-refractivity contribution is 5.82. The topological polar surface area (TPSA) is 24.9 Å². The minimum absolute atomic E-state index is 0.544. The van der Waals surface area contributed by atoms with Gasteiger partial charge < -0.3 is 5.32 Å². The maximum absolute atomic E-state index is 4.35. The third-order valence-corrected chi connectivity index (χ3v) is 2.88. The molecule has 0 spiro atoms. The standard InChI is InChI=1S/C12H12N2/c1-2-4-11-9(3-1)10(5-7-13-11)12-6-8-14-12/h1-5,7,12,14H,6,8H2. The van der Waals surface area contributed by atoms with Crippen LogP contribution in [0.15, 0.2) is 36.5 Å². The fourth-order valence-corrected chi connectivity index (χ4v) is 1.98. The van der Waals surface area contributed by atoms with Crippen molar-refractivity contribution in [1.29, 1.82) is 0 Å². The molecule has 1 aliphatic heterocycles. The molecule has 0 amide bonds. The van der Waals surface area contributed by atoms with Gasteiger partial charge in [-0.3, -0.25) is 4.98 Å². The minimum Gasteiger partial charge on any atom is -0.310 e. The molecule has 1 N–H and O–H groups in total. The predicted molar refractivity (Wildman–Crippen MR) is 57.1 cm³/mol. The van der Waals surface area contributed by atoms with Crippen LogP contribution in [0.5, 0.6) is 0 Å². The molecule has 0 saturated carbocycles. The summed E-state index contributed by atoms with van der Waals surface area (Å²) in [5, 5.41) is 4.71. The average molecular weight is 184 g/mol.